The second-order valence-electron chi connectivity index (χ2n) is 6.48. The summed E-state index contributed by atoms with van der Waals surface area (Å²) in [5, 5.41) is 5.83. The molecule has 0 aliphatic carbocycles. The van der Waals surface area contributed by atoms with Crippen molar-refractivity contribution in [1.82, 2.24) is 5.32 Å². The highest BCUT2D eigenvalue weighted by Gasteiger charge is 2.24. The van der Waals surface area contributed by atoms with E-state index in [0.717, 1.165) is 11.1 Å². The zero-order valence-corrected chi connectivity index (χ0v) is 16.1. The van der Waals surface area contributed by atoms with Gasteiger partial charge in [0.05, 0.1) is 32.6 Å². The minimum Gasteiger partial charge on any atom is -0.495 e. The summed E-state index contributed by atoms with van der Waals surface area (Å²) < 4.78 is 15.9. The summed E-state index contributed by atoms with van der Waals surface area (Å²) in [5.74, 6) is 1.86. The van der Waals surface area contributed by atoms with Crippen molar-refractivity contribution >= 4 is 11.7 Å². The second-order valence-corrected chi connectivity index (χ2v) is 6.48. The molecule has 2 aromatic rings. The van der Waals surface area contributed by atoms with Gasteiger partial charge in [0.25, 0.3) is 0 Å². The minimum atomic E-state index is -0.624. The van der Waals surface area contributed by atoms with Gasteiger partial charge >= 0.3 is 6.03 Å². The third kappa shape index (κ3) is 4.39. The molecule has 6 heteroatoms. The van der Waals surface area contributed by atoms with Crippen LogP contribution in [-0.2, 0) is 5.54 Å². The zero-order chi connectivity index (χ0) is 19.3. The summed E-state index contributed by atoms with van der Waals surface area (Å²) in [6.07, 6.45) is 0. The summed E-state index contributed by atoms with van der Waals surface area (Å²) in [7, 11) is 4.74. The lowest BCUT2D eigenvalue weighted by atomic mass is 9.94. The van der Waals surface area contributed by atoms with E-state index in [2.05, 4.69) is 10.6 Å². The SMILES string of the molecule is COc1ccc(C)cc1NC(=O)NC(C)(C)c1ccc(OC)c(OC)c1. The van der Waals surface area contributed by atoms with Crippen molar-refractivity contribution < 1.29 is 19.0 Å². The Morgan fingerprint density at radius 2 is 1.50 bits per heavy atom. The van der Waals surface area contributed by atoms with Crippen molar-refractivity contribution in [3.63, 3.8) is 0 Å². The Morgan fingerprint density at radius 1 is 0.885 bits per heavy atom. The molecule has 0 spiro atoms. The first-order chi connectivity index (χ1) is 12.3. The number of hydrogen-bond donors (Lipinski definition) is 2. The van der Waals surface area contributed by atoms with E-state index < -0.39 is 5.54 Å². The second kappa shape index (κ2) is 7.99. The monoisotopic (exact) mass is 358 g/mol. The van der Waals surface area contributed by atoms with Gasteiger partial charge in [-0.2, -0.15) is 0 Å². The van der Waals surface area contributed by atoms with Gasteiger partial charge in [0.2, 0.25) is 0 Å². The molecular formula is C20H26N2O4. The van der Waals surface area contributed by atoms with E-state index in [-0.39, 0.29) is 6.03 Å². The number of anilines is 1. The van der Waals surface area contributed by atoms with Crippen molar-refractivity contribution in [1.29, 1.82) is 0 Å². The van der Waals surface area contributed by atoms with Crippen LogP contribution < -0.4 is 24.8 Å². The Morgan fingerprint density at radius 3 is 2.12 bits per heavy atom. The molecule has 0 atom stereocenters. The number of urea groups is 1. The lowest BCUT2D eigenvalue weighted by molar-refractivity contribution is 0.241. The predicted octanol–water partition coefficient (Wildman–Crippen LogP) is 4.08. The van der Waals surface area contributed by atoms with E-state index in [4.69, 9.17) is 14.2 Å². The maximum atomic E-state index is 12.5. The van der Waals surface area contributed by atoms with Gasteiger partial charge in [-0.25, -0.2) is 4.79 Å². The maximum absolute atomic E-state index is 12.5. The lowest BCUT2D eigenvalue weighted by Gasteiger charge is -2.28. The van der Waals surface area contributed by atoms with Crippen LogP contribution in [0.25, 0.3) is 0 Å². The molecule has 2 aromatic carbocycles. The molecule has 0 aliphatic heterocycles. The van der Waals surface area contributed by atoms with Crippen LogP contribution in [0.1, 0.15) is 25.0 Å². The number of nitrogens with one attached hydrogen (secondary N) is 2. The fourth-order valence-corrected chi connectivity index (χ4v) is 2.65. The van der Waals surface area contributed by atoms with Crippen LogP contribution in [0.3, 0.4) is 0 Å². The van der Waals surface area contributed by atoms with Gasteiger partial charge in [-0.15, -0.1) is 0 Å². The Bertz CT molecular complexity index is 787. The molecule has 0 radical (unpaired) electrons. The van der Waals surface area contributed by atoms with E-state index >= 15 is 0 Å². The molecule has 0 saturated carbocycles. The molecule has 0 unspecified atom stereocenters. The number of rotatable bonds is 6. The summed E-state index contributed by atoms with van der Waals surface area (Å²) in [6, 6.07) is 10.9. The normalized spacial score (nSPS) is 10.8. The van der Waals surface area contributed by atoms with Gasteiger partial charge in [0.1, 0.15) is 5.75 Å². The molecule has 0 heterocycles. The number of ether oxygens (including phenoxy) is 3. The van der Waals surface area contributed by atoms with Gasteiger partial charge in [-0.3, -0.25) is 0 Å². The number of amides is 2. The van der Waals surface area contributed by atoms with Crippen LogP contribution in [0.5, 0.6) is 17.2 Å². The number of aryl methyl sites for hydroxylation is 1. The fraction of sp³-hybridized carbons (Fsp3) is 0.350. The smallest absolute Gasteiger partial charge is 0.320 e. The Hall–Kier alpha value is -2.89. The third-order valence-corrected chi connectivity index (χ3v) is 4.13. The van der Waals surface area contributed by atoms with Gasteiger partial charge < -0.3 is 24.8 Å². The van der Waals surface area contributed by atoms with E-state index in [1.807, 2.05) is 57.2 Å². The quantitative estimate of drug-likeness (QED) is 0.816. The number of hydrogen-bond acceptors (Lipinski definition) is 4. The molecule has 6 nitrogen and oxygen atoms in total. The number of carbonyl (C=O) groups excluding carboxylic acids is 1. The molecule has 0 saturated heterocycles. The van der Waals surface area contributed by atoms with Crippen LogP contribution in [0.15, 0.2) is 36.4 Å². The van der Waals surface area contributed by atoms with Crippen molar-refractivity contribution in [3.8, 4) is 17.2 Å². The molecule has 0 bridgehead atoms. The average Bonchev–Trinajstić information content (AvgIpc) is 2.60. The number of benzene rings is 2. The van der Waals surface area contributed by atoms with Crippen LogP contribution in [-0.4, -0.2) is 27.4 Å². The largest absolute Gasteiger partial charge is 0.495 e. The first-order valence-corrected chi connectivity index (χ1v) is 8.27. The molecule has 0 fully saturated rings. The van der Waals surface area contributed by atoms with Crippen LogP contribution in [0.4, 0.5) is 10.5 Å². The molecule has 2 amide bonds. The fourth-order valence-electron chi connectivity index (χ4n) is 2.65. The average molecular weight is 358 g/mol. The molecule has 140 valence electrons. The standard InChI is InChI=1S/C20H26N2O4/c1-13-7-9-16(24-4)15(11-13)21-19(23)22-20(2,3)14-8-10-17(25-5)18(12-14)26-6/h7-12H,1-6H3,(H2,21,22,23). The lowest BCUT2D eigenvalue weighted by Crippen LogP contribution is -2.43. The molecule has 0 aliphatic rings. The first kappa shape index (κ1) is 19.4. The minimum absolute atomic E-state index is 0.325. The van der Waals surface area contributed by atoms with E-state index in [1.165, 1.54) is 0 Å². The summed E-state index contributed by atoms with van der Waals surface area (Å²) in [6.45, 7) is 5.79. The van der Waals surface area contributed by atoms with Crippen molar-refractivity contribution in [3.05, 3.63) is 47.5 Å². The number of carbonyl (C=O) groups is 1. The molecule has 2 rings (SSSR count). The third-order valence-electron chi connectivity index (χ3n) is 4.13. The Kier molecular flexibility index (Phi) is 5.97. The van der Waals surface area contributed by atoms with E-state index in [1.54, 1.807) is 21.3 Å². The molecular weight excluding hydrogens is 332 g/mol. The zero-order valence-electron chi connectivity index (χ0n) is 16.1. The summed E-state index contributed by atoms with van der Waals surface area (Å²) >= 11 is 0. The van der Waals surface area contributed by atoms with Gasteiger partial charge in [0.15, 0.2) is 11.5 Å². The maximum Gasteiger partial charge on any atom is 0.320 e. The first-order valence-electron chi connectivity index (χ1n) is 8.27. The van der Waals surface area contributed by atoms with Gasteiger partial charge in [0, 0.05) is 0 Å². The van der Waals surface area contributed by atoms with Crippen molar-refractivity contribution in [2.45, 2.75) is 26.3 Å². The van der Waals surface area contributed by atoms with E-state index in [9.17, 15) is 4.79 Å². The van der Waals surface area contributed by atoms with Crippen molar-refractivity contribution in [2.24, 2.45) is 0 Å². The highest BCUT2D eigenvalue weighted by molar-refractivity contribution is 5.91. The van der Waals surface area contributed by atoms with Crippen molar-refractivity contribution in [2.75, 3.05) is 26.6 Å². The number of methoxy groups -OCH3 is 3. The highest BCUT2D eigenvalue weighted by Crippen LogP contribution is 2.32. The van der Waals surface area contributed by atoms with E-state index in [0.29, 0.717) is 22.9 Å². The Balaban J connectivity index is 2.18. The Labute approximate surface area is 154 Å². The molecule has 2 N–H and O–H groups in total. The highest BCUT2D eigenvalue weighted by atomic mass is 16.5. The van der Waals surface area contributed by atoms with Gasteiger partial charge in [-0.1, -0.05) is 12.1 Å². The molecule has 26 heavy (non-hydrogen) atoms. The van der Waals surface area contributed by atoms with Crippen LogP contribution in [0, 0.1) is 6.92 Å². The summed E-state index contributed by atoms with van der Waals surface area (Å²) in [5.41, 5.74) is 1.91. The van der Waals surface area contributed by atoms with Crippen LogP contribution in [0.2, 0.25) is 0 Å². The van der Waals surface area contributed by atoms with Gasteiger partial charge in [-0.05, 0) is 56.2 Å². The summed E-state index contributed by atoms with van der Waals surface area (Å²) in [4.78, 5) is 12.5. The predicted molar refractivity (Wildman–Crippen MR) is 102 cm³/mol. The topological polar surface area (TPSA) is 68.8 Å². The molecule has 0 aromatic heterocycles. The van der Waals surface area contributed by atoms with Crippen LogP contribution >= 0.6 is 0 Å².